The monoisotopic (exact) mass is 431 g/mol. The number of nitrogens with one attached hydrogen (secondary N) is 1. The number of carbonyl (C=O) groups is 2. The Morgan fingerprint density at radius 3 is 2.55 bits per heavy atom. The molecular weight excluding hydrogens is 394 g/mol. The van der Waals surface area contributed by atoms with Crippen LogP contribution in [0.4, 0.5) is 4.79 Å². The van der Waals surface area contributed by atoms with Crippen molar-refractivity contribution >= 4 is 11.9 Å². The minimum Gasteiger partial charge on any atom is -0.497 e. The van der Waals surface area contributed by atoms with Crippen LogP contribution in [-0.4, -0.2) is 74.3 Å². The highest BCUT2D eigenvalue weighted by Crippen LogP contribution is 2.37. The van der Waals surface area contributed by atoms with Crippen molar-refractivity contribution in [2.24, 2.45) is 11.8 Å². The lowest BCUT2D eigenvalue weighted by Gasteiger charge is -2.41. The van der Waals surface area contributed by atoms with E-state index in [2.05, 4.69) is 24.1 Å². The zero-order valence-electron chi connectivity index (χ0n) is 19.4. The van der Waals surface area contributed by atoms with Crippen LogP contribution in [0.1, 0.15) is 38.7 Å². The number of imide groups is 1. The van der Waals surface area contributed by atoms with Crippen LogP contribution >= 0.6 is 0 Å². The van der Waals surface area contributed by atoms with Gasteiger partial charge in [0.1, 0.15) is 11.3 Å². The number of hydrogen-bond acceptors (Lipinski definition) is 5. The molecule has 2 saturated heterocycles. The van der Waals surface area contributed by atoms with Crippen molar-refractivity contribution in [1.29, 1.82) is 0 Å². The number of amides is 3. The van der Waals surface area contributed by atoms with E-state index in [0.29, 0.717) is 18.9 Å². The summed E-state index contributed by atoms with van der Waals surface area (Å²) in [4.78, 5) is 30.3. The Balaban J connectivity index is 1.82. The van der Waals surface area contributed by atoms with E-state index < -0.39 is 5.54 Å². The maximum atomic E-state index is 13.6. The molecule has 7 nitrogen and oxygen atoms in total. The molecule has 0 radical (unpaired) electrons. The highest BCUT2D eigenvalue weighted by molar-refractivity contribution is 6.07. The second-order valence-electron chi connectivity index (χ2n) is 9.18. The van der Waals surface area contributed by atoms with Gasteiger partial charge in [-0.3, -0.25) is 9.69 Å². The molecular formula is C24H37N3O4. The van der Waals surface area contributed by atoms with Gasteiger partial charge in [0.15, 0.2) is 0 Å². The topological polar surface area (TPSA) is 71.1 Å². The first-order valence-corrected chi connectivity index (χ1v) is 11.4. The van der Waals surface area contributed by atoms with Crippen molar-refractivity contribution in [2.45, 2.75) is 45.1 Å². The number of ether oxygens (including phenoxy) is 2. The van der Waals surface area contributed by atoms with Gasteiger partial charge < -0.3 is 19.7 Å². The molecule has 1 N–H and O–H groups in total. The third kappa shape index (κ3) is 5.39. The summed E-state index contributed by atoms with van der Waals surface area (Å²) in [6, 6.07) is 7.46. The predicted molar refractivity (Wildman–Crippen MR) is 120 cm³/mol. The van der Waals surface area contributed by atoms with Crippen LogP contribution in [0.15, 0.2) is 24.3 Å². The molecule has 7 heteroatoms. The molecule has 2 aliphatic heterocycles. The van der Waals surface area contributed by atoms with Gasteiger partial charge in [0.05, 0.1) is 20.3 Å². The first kappa shape index (κ1) is 23.5. The van der Waals surface area contributed by atoms with Crippen LogP contribution in [-0.2, 0) is 16.0 Å². The average molecular weight is 432 g/mol. The summed E-state index contributed by atoms with van der Waals surface area (Å²) < 4.78 is 10.5. The molecule has 3 amide bonds. The molecule has 2 heterocycles. The first-order valence-electron chi connectivity index (χ1n) is 11.4. The van der Waals surface area contributed by atoms with Crippen molar-refractivity contribution in [3.8, 4) is 5.75 Å². The van der Waals surface area contributed by atoms with Crippen molar-refractivity contribution in [3.05, 3.63) is 29.8 Å². The van der Waals surface area contributed by atoms with Crippen molar-refractivity contribution in [1.82, 2.24) is 15.1 Å². The molecule has 1 aromatic rings. The highest BCUT2D eigenvalue weighted by atomic mass is 16.5. The molecule has 172 valence electrons. The molecule has 1 aromatic carbocycles. The summed E-state index contributed by atoms with van der Waals surface area (Å²) in [7, 11) is 3.21. The van der Waals surface area contributed by atoms with Crippen molar-refractivity contribution in [3.63, 3.8) is 0 Å². The molecule has 31 heavy (non-hydrogen) atoms. The van der Waals surface area contributed by atoms with Gasteiger partial charge in [0.2, 0.25) is 0 Å². The fraction of sp³-hybridized carbons (Fsp3) is 0.667. The van der Waals surface area contributed by atoms with Crippen LogP contribution in [0.2, 0.25) is 0 Å². The Morgan fingerprint density at radius 2 is 1.90 bits per heavy atom. The van der Waals surface area contributed by atoms with E-state index in [1.54, 1.807) is 14.2 Å². The second-order valence-corrected chi connectivity index (χ2v) is 9.18. The lowest BCUT2D eigenvalue weighted by atomic mass is 9.74. The summed E-state index contributed by atoms with van der Waals surface area (Å²) >= 11 is 0. The van der Waals surface area contributed by atoms with Gasteiger partial charge >= 0.3 is 6.03 Å². The number of carbonyl (C=O) groups excluding carboxylic acids is 2. The lowest BCUT2D eigenvalue weighted by molar-refractivity contribution is -0.134. The first-order chi connectivity index (χ1) is 14.9. The van der Waals surface area contributed by atoms with E-state index >= 15 is 0 Å². The molecule has 0 aromatic heterocycles. The van der Waals surface area contributed by atoms with Crippen molar-refractivity contribution < 1.29 is 19.1 Å². The number of rotatable bonds is 10. The van der Waals surface area contributed by atoms with E-state index in [1.807, 2.05) is 24.3 Å². The van der Waals surface area contributed by atoms with Crippen LogP contribution < -0.4 is 10.1 Å². The van der Waals surface area contributed by atoms with E-state index in [-0.39, 0.29) is 24.4 Å². The number of likely N-dealkylation sites (tertiary alicyclic amines) is 1. The minimum absolute atomic E-state index is 0.0954. The Morgan fingerprint density at radius 1 is 1.16 bits per heavy atom. The second kappa shape index (κ2) is 10.5. The zero-order chi connectivity index (χ0) is 22.4. The molecule has 0 saturated carbocycles. The number of piperidine rings is 1. The van der Waals surface area contributed by atoms with Gasteiger partial charge in [0, 0.05) is 13.5 Å². The summed E-state index contributed by atoms with van der Waals surface area (Å²) in [5.41, 5.74) is 0.0743. The fourth-order valence-electron chi connectivity index (χ4n) is 4.77. The summed E-state index contributed by atoms with van der Waals surface area (Å²) in [6.07, 6.45) is 3.44. The van der Waals surface area contributed by atoms with Crippen LogP contribution in [0.5, 0.6) is 5.75 Å². The van der Waals surface area contributed by atoms with Gasteiger partial charge in [-0.25, -0.2) is 4.79 Å². The lowest BCUT2D eigenvalue weighted by Crippen LogP contribution is -2.57. The molecule has 0 aliphatic carbocycles. The van der Waals surface area contributed by atoms with Gasteiger partial charge in [-0.05, 0) is 68.4 Å². The van der Waals surface area contributed by atoms with Gasteiger partial charge in [-0.15, -0.1) is 0 Å². The molecule has 2 fully saturated rings. The number of nitrogens with zero attached hydrogens (tertiary/aromatic N) is 2. The largest absolute Gasteiger partial charge is 0.497 e. The van der Waals surface area contributed by atoms with E-state index in [9.17, 15) is 9.59 Å². The maximum Gasteiger partial charge on any atom is 0.325 e. The minimum atomic E-state index is -0.915. The van der Waals surface area contributed by atoms with Crippen LogP contribution in [0, 0.1) is 11.8 Å². The predicted octanol–water partition coefficient (Wildman–Crippen LogP) is 2.93. The number of hydrogen-bond donors (Lipinski definition) is 1. The Kier molecular flexibility index (Phi) is 7.94. The van der Waals surface area contributed by atoms with Gasteiger partial charge in [-0.2, -0.15) is 0 Å². The smallest absolute Gasteiger partial charge is 0.325 e. The summed E-state index contributed by atoms with van der Waals surface area (Å²) in [6.45, 7) is 8.11. The molecule has 3 rings (SSSR count). The molecule has 0 spiro atoms. The highest BCUT2D eigenvalue weighted by Gasteiger charge is 2.55. The number of methoxy groups -OCH3 is 2. The van der Waals surface area contributed by atoms with Gasteiger partial charge in [-0.1, -0.05) is 26.0 Å². The third-order valence-electron chi connectivity index (χ3n) is 6.65. The molecule has 0 bridgehead atoms. The molecule has 2 aliphatic rings. The number of benzene rings is 1. The fourth-order valence-corrected chi connectivity index (χ4v) is 4.77. The Hall–Kier alpha value is -2.12. The Labute approximate surface area is 186 Å². The van der Waals surface area contributed by atoms with E-state index in [4.69, 9.17) is 9.47 Å². The van der Waals surface area contributed by atoms with Gasteiger partial charge in [0.25, 0.3) is 5.91 Å². The zero-order valence-corrected chi connectivity index (χ0v) is 19.4. The third-order valence-corrected chi connectivity index (χ3v) is 6.65. The van der Waals surface area contributed by atoms with Crippen molar-refractivity contribution in [2.75, 3.05) is 47.0 Å². The SMILES string of the molecule is COCCN1C(=O)NC(Cc2cccc(OC)c2)(C2CCN(CCC(C)C)CC2)C1=O. The maximum absolute atomic E-state index is 13.6. The van der Waals surface area contributed by atoms with E-state index in [0.717, 1.165) is 43.8 Å². The normalized spacial score (nSPS) is 22.9. The Bertz CT molecular complexity index is 761. The molecule has 1 unspecified atom stereocenters. The summed E-state index contributed by atoms with van der Waals surface area (Å²) in [5.74, 6) is 1.40. The average Bonchev–Trinajstić information content (AvgIpc) is 3.01. The number of urea groups is 1. The van der Waals surface area contributed by atoms with Crippen LogP contribution in [0.25, 0.3) is 0 Å². The summed E-state index contributed by atoms with van der Waals surface area (Å²) in [5, 5.41) is 3.12. The van der Waals surface area contributed by atoms with E-state index in [1.165, 1.54) is 11.3 Å². The molecule has 1 atom stereocenters. The standard InChI is InChI=1S/C24H37N3O4/c1-18(2)8-11-26-12-9-20(10-13-26)24(17-19-6-5-7-21(16-19)31-4)22(28)27(14-15-30-3)23(29)25-24/h5-7,16,18,20H,8-15,17H2,1-4H3,(H,25,29). The van der Waals surface area contributed by atoms with Crippen LogP contribution in [0.3, 0.4) is 0 Å². The quantitative estimate of drug-likeness (QED) is 0.577.